The van der Waals surface area contributed by atoms with E-state index in [0.717, 1.165) is 0 Å². The number of carbonyl (C=O) groups is 8. The second kappa shape index (κ2) is 22.1. The molecule has 14 N–H and O–H groups in total. The Labute approximate surface area is 378 Å². The number of rotatable bonds is 21. The molecule has 1 atom stereocenters. The van der Waals surface area contributed by atoms with E-state index < -0.39 is 53.3 Å². The first kappa shape index (κ1) is 49.1. The standard InChI is InChI=1S/C42H56N16O8/c1-54-21-26(50-39(63)31-12-24(19-55(31)2)48-35(59)17-44)14-30(54)38(62)46-10-7-6-8-29(37(61)47-11-9-43)53-42(66)34-16-28(23-58(34)5)52-41(65)33-15-27(22-57(33)4)51-40(64)32-13-25(20-56(32)3)49-36(60)18-45/h12-16,19-23,29H,6-11,17-18,43-45H2,1-5H3,(H,46,62)(H,47,61)(H,48,59)(H,49,60)(H,50,63)(H,51,64)(H,52,65)(H,53,66). The minimum atomic E-state index is -0.951. The number of unbranched alkanes of at least 4 members (excludes halogenated alkanes) is 1. The van der Waals surface area contributed by atoms with Crippen LogP contribution in [0.4, 0.5) is 28.4 Å². The molecule has 0 bridgehead atoms. The van der Waals surface area contributed by atoms with E-state index in [9.17, 15) is 38.4 Å². The van der Waals surface area contributed by atoms with E-state index >= 15 is 0 Å². The molecule has 0 aliphatic carbocycles. The molecule has 0 fully saturated rings. The van der Waals surface area contributed by atoms with Crippen LogP contribution in [0.3, 0.4) is 0 Å². The van der Waals surface area contributed by atoms with E-state index in [4.69, 9.17) is 17.2 Å². The number of anilines is 5. The summed E-state index contributed by atoms with van der Waals surface area (Å²) in [6, 6.07) is 6.52. The van der Waals surface area contributed by atoms with Gasteiger partial charge in [0.05, 0.1) is 41.5 Å². The smallest absolute Gasteiger partial charge is 0.272 e. The molecule has 0 radical (unpaired) electrons. The molecular formula is C42H56N16O8. The van der Waals surface area contributed by atoms with Crippen LogP contribution in [-0.4, -0.2) is 109 Å². The van der Waals surface area contributed by atoms with Crippen molar-refractivity contribution in [1.82, 2.24) is 38.8 Å². The van der Waals surface area contributed by atoms with Crippen molar-refractivity contribution in [2.24, 2.45) is 52.4 Å². The predicted octanol–water partition coefficient (Wildman–Crippen LogP) is -0.296. The minimum Gasteiger partial charge on any atom is -0.353 e. The van der Waals surface area contributed by atoms with Crippen molar-refractivity contribution in [3.63, 3.8) is 0 Å². The molecule has 5 aromatic rings. The van der Waals surface area contributed by atoms with Gasteiger partial charge >= 0.3 is 0 Å². The van der Waals surface area contributed by atoms with E-state index in [1.165, 1.54) is 50.2 Å². The fourth-order valence-electron chi connectivity index (χ4n) is 6.89. The van der Waals surface area contributed by atoms with Crippen molar-refractivity contribution in [2.45, 2.75) is 25.3 Å². The average molecular weight is 913 g/mol. The summed E-state index contributed by atoms with van der Waals surface area (Å²) in [4.78, 5) is 102. The first-order valence-electron chi connectivity index (χ1n) is 20.7. The first-order chi connectivity index (χ1) is 31.4. The lowest BCUT2D eigenvalue weighted by Crippen LogP contribution is -2.48. The van der Waals surface area contributed by atoms with E-state index in [1.54, 1.807) is 69.2 Å². The van der Waals surface area contributed by atoms with Gasteiger partial charge in [0.2, 0.25) is 17.7 Å². The van der Waals surface area contributed by atoms with Crippen molar-refractivity contribution in [3.8, 4) is 0 Å². The van der Waals surface area contributed by atoms with Gasteiger partial charge in [0.15, 0.2) is 0 Å². The highest BCUT2D eigenvalue weighted by molar-refractivity contribution is 6.08. The van der Waals surface area contributed by atoms with Crippen LogP contribution in [0.5, 0.6) is 0 Å². The lowest BCUT2D eigenvalue weighted by molar-refractivity contribution is -0.123. The van der Waals surface area contributed by atoms with E-state index in [1.807, 2.05) is 0 Å². The van der Waals surface area contributed by atoms with Crippen LogP contribution in [0, 0.1) is 0 Å². The van der Waals surface area contributed by atoms with Gasteiger partial charge in [-0.3, -0.25) is 38.4 Å². The molecule has 1 unspecified atom stereocenters. The second-order valence-corrected chi connectivity index (χ2v) is 15.3. The summed E-state index contributed by atoms with van der Waals surface area (Å²) in [6.07, 6.45) is 8.95. The highest BCUT2D eigenvalue weighted by Gasteiger charge is 2.24. The number of amides is 8. The third-order valence-electron chi connectivity index (χ3n) is 10.2. The van der Waals surface area contributed by atoms with Crippen molar-refractivity contribution in [2.75, 3.05) is 59.3 Å². The Hall–Kier alpha value is -7.96. The summed E-state index contributed by atoms with van der Waals surface area (Å²) in [5.74, 6) is -3.69. The maximum atomic E-state index is 13.6. The quantitative estimate of drug-likeness (QED) is 0.0425. The molecule has 352 valence electrons. The molecule has 8 amide bonds. The Morgan fingerprint density at radius 3 is 1.17 bits per heavy atom. The summed E-state index contributed by atoms with van der Waals surface area (Å²) >= 11 is 0. The van der Waals surface area contributed by atoms with Gasteiger partial charge in [0.1, 0.15) is 34.5 Å². The fourth-order valence-corrected chi connectivity index (χ4v) is 6.89. The number of carbonyl (C=O) groups excluding carboxylic acids is 8. The van der Waals surface area contributed by atoms with Gasteiger partial charge in [0.25, 0.3) is 29.5 Å². The molecule has 0 aliphatic rings. The first-order valence-corrected chi connectivity index (χ1v) is 20.7. The summed E-state index contributed by atoms with van der Waals surface area (Å²) in [7, 11) is 8.19. The molecule has 24 heteroatoms. The molecule has 66 heavy (non-hydrogen) atoms. The SMILES string of the molecule is Cn1cc(NC(=O)c2cc(NC(=O)CN)cn2C)cc1C(=O)NCCCCC(NC(=O)c1cc(NC(=O)c2cc(NC(=O)c3cc(NC(=O)CN)cn3C)cn2C)cn1C)C(=O)NCCN. The van der Waals surface area contributed by atoms with Gasteiger partial charge in [-0.15, -0.1) is 0 Å². The van der Waals surface area contributed by atoms with Crippen LogP contribution in [0.25, 0.3) is 0 Å². The van der Waals surface area contributed by atoms with Gasteiger partial charge < -0.3 is 82.6 Å². The Morgan fingerprint density at radius 2 is 0.803 bits per heavy atom. The van der Waals surface area contributed by atoms with Gasteiger partial charge in [-0.25, -0.2) is 0 Å². The van der Waals surface area contributed by atoms with Crippen LogP contribution in [-0.2, 0) is 49.6 Å². The summed E-state index contributed by atoms with van der Waals surface area (Å²) < 4.78 is 7.66. The van der Waals surface area contributed by atoms with Crippen molar-refractivity contribution >= 4 is 75.7 Å². The number of nitrogens with zero attached hydrogens (tertiary/aromatic N) is 5. The summed E-state index contributed by atoms with van der Waals surface area (Å²) in [6.45, 7) is 0.203. The van der Waals surface area contributed by atoms with E-state index in [2.05, 4.69) is 42.5 Å². The molecule has 0 saturated heterocycles. The molecule has 0 aromatic carbocycles. The van der Waals surface area contributed by atoms with Crippen LogP contribution >= 0.6 is 0 Å². The van der Waals surface area contributed by atoms with Crippen molar-refractivity contribution in [3.05, 3.63) is 89.8 Å². The maximum absolute atomic E-state index is 13.6. The zero-order valence-electron chi connectivity index (χ0n) is 37.2. The zero-order chi connectivity index (χ0) is 48.2. The Balaban J connectivity index is 1.13. The Kier molecular flexibility index (Phi) is 16.4. The lowest BCUT2D eigenvalue weighted by atomic mass is 10.1. The number of hydrogen-bond donors (Lipinski definition) is 11. The highest BCUT2D eigenvalue weighted by atomic mass is 16.2. The van der Waals surface area contributed by atoms with Gasteiger partial charge in [-0.1, -0.05) is 0 Å². The van der Waals surface area contributed by atoms with Crippen LogP contribution in [0.1, 0.15) is 71.7 Å². The molecule has 0 saturated carbocycles. The summed E-state index contributed by atoms with van der Waals surface area (Å²) in [5.41, 5.74) is 19.3. The van der Waals surface area contributed by atoms with E-state index in [-0.39, 0.29) is 67.6 Å². The third-order valence-corrected chi connectivity index (χ3v) is 10.2. The number of nitrogens with one attached hydrogen (secondary N) is 8. The monoisotopic (exact) mass is 912 g/mol. The molecule has 0 aliphatic heterocycles. The van der Waals surface area contributed by atoms with Crippen LogP contribution in [0.2, 0.25) is 0 Å². The van der Waals surface area contributed by atoms with Crippen LogP contribution < -0.4 is 59.7 Å². The number of hydrogen-bond acceptors (Lipinski definition) is 11. The molecule has 5 heterocycles. The molecular weight excluding hydrogens is 857 g/mol. The number of aromatic nitrogens is 5. The van der Waals surface area contributed by atoms with Gasteiger partial charge in [0, 0.05) is 85.9 Å². The third kappa shape index (κ3) is 12.6. The fraction of sp³-hybridized carbons (Fsp3) is 0.333. The second-order valence-electron chi connectivity index (χ2n) is 15.3. The Morgan fingerprint density at radius 1 is 0.455 bits per heavy atom. The minimum absolute atomic E-state index is 0.154. The molecule has 0 spiro atoms. The molecule has 5 aromatic heterocycles. The molecule has 24 nitrogen and oxygen atoms in total. The Bertz CT molecular complexity index is 2630. The normalized spacial score (nSPS) is 11.3. The average Bonchev–Trinajstić information content (AvgIpc) is 4.10. The van der Waals surface area contributed by atoms with Crippen LogP contribution in [0.15, 0.2) is 61.3 Å². The summed E-state index contributed by atoms with van der Waals surface area (Å²) in [5, 5.41) is 21.8. The highest BCUT2D eigenvalue weighted by Crippen LogP contribution is 2.21. The van der Waals surface area contributed by atoms with Gasteiger partial charge in [-0.2, -0.15) is 0 Å². The number of aryl methyl sites for hydroxylation is 5. The maximum Gasteiger partial charge on any atom is 0.272 e. The number of nitrogens with two attached hydrogens (primary N) is 3. The molecule has 5 rings (SSSR count). The van der Waals surface area contributed by atoms with Crippen molar-refractivity contribution < 1.29 is 38.4 Å². The van der Waals surface area contributed by atoms with Gasteiger partial charge in [-0.05, 0) is 49.6 Å². The predicted molar refractivity (Wildman–Crippen MR) is 246 cm³/mol. The van der Waals surface area contributed by atoms with E-state index in [0.29, 0.717) is 41.3 Å². The largest absolute Gasteiger partial charge is 0.353 e. The lowest BCUT2D eigenvalue weighted by Gasteiger charge is -2.18. The zero-order valence-corrected chi connectivity index (χ0v) is 37.2. The topological polar surface area (TPSA) is 336 Å². The van der Waals surface area contributed by atoms with Crippen molar-refractivity contribution in [1.29, 1.82) is 0 Å².